The number of aromatic amines is 1. The molecule has 4 atom stereocenters. The summed E-state index contributed by atoms with van der Waals surface area (Å²) in [7, 11) is 0. The Bertz CT molecular complexity index is 1620. The van der Waals surface area contributed by atoms with Gasteiger partial charge in [-0.2, -0.15) is 0 Å². The summed E-state index contributed by atoms with van der Waals surface area (Å²) in [6, 6.07) is 20.7. The Labute approximate surface area is 213 Å². The third-order valence-electron chi connectivity index (χ3n) is 8.37. The van der Waals surface area contributed by atoms with Crippen molar-refractivity contribution in [3.63, 3.8) is 0 Å². The highest BCUT2D eigenvalue weighted by atomic mass is 16.2. The summed E-state index contributed by atoms with van der Waals surface area (Å²) in [5, 5.41) is 7.65. The van der Waals surface area contributed by atoms with Crippen LogP contribution in [0.4, 0.5) is 11.4 Å². The summed E-state index contributed by atoms with van der Waals surface area (Å²) in [5.74, 6) is -2.40. The van der Waals surface area contributed by atoms with Crippen molar-refractivity contribution >= 4 is 40.0 Å². The summed E-state index contributed by atoms with van der Waals surface area (Å²) in [6.07, 6.45) is 2.46. The van der Waals surface area contributed by atoms with Crippen LogP contribution >= 0.6 is 0 Å². The van der Waals surface area contributed by atoms with E-state index in [1.54, 1.807) is 12.1 Å². The topological polar surface area (TPSA) is 94.3 Å². The molecule has 2 fully saturated rings. The molecule has 37 heavy (non-hydrogen) atoms. The smallest absolute Gasteiger partial charge is 0.250 e. The number of hydrogen-bond donors (Lipinski definition) is 3. The van der Waals surface area contributed by atoms with E-state index in [0.29, 0.717) is 12.1 Å². The molecule has 7 heteroatoms. The average molecular weight is 491 g/mol. The van der Waals surface area contributed by atoms with Crippen LogP contribution in [0, 0.1) is 25.7 Å². The molecule has 0 saturated carbocycles. The van der Waals surface area contributed by atoms with Gasteiger partial charge in [-0.15, -0.1) is 0 Å². The number of nitrogens with one attached hydrogen (secondary N) is 3. The molecule has 3 amide bonds. The maximum Gasteiger partial charge on any atom is 0.250 e. The molecule has 1 aromatic heterocycles. The summed E-state index contributed by atoms with van der Waals surface area (Å²) >= 11 is 0. The Morgan fingerprint density at radius 2 is 1.68 bits per heavy atom. The Morgan fingerprint density at radius 3 is 2.49 bits per heavy atom. The number of anilines is 2. The lowest BCUT2D eigenvalue weighted by atomic mass is 9.76. The number of fused-ring (bicyclic) bond motifs is 5. The summed E-state index contributed by atoms with van der Waals surface area (Å²) in [5.41, 5.74) is 4.71. The van der Waals surface area contributed by atoms with Crippen molar-refractivity contribution in [3.8, 4) is 0 Å². The molecule has 7 nitrogen and oxygen atoms in total. The lowest BCUT2D eigenvalue weighted by Gasteiger charge is -2.29. The zero-order valence-electron chi connectivity index (χ0n) is 20.5. The van der Waals surface area contributed by atoms with Gasteiger partial charge in [-0.25, -0.2) is 4.90 Å². The molecule has 1 spiro atoms. The van der Waals surface area contributed by atoms with E-state index in [2.05, 4.69) is 15.6 Å². The second kappa shape index (κ2) is 7.63. The molecule has 0 aliphatic carbocycles. The van der Waals surface area contributed by atoms with E-state index in [4.69, 9.17) is 0 Å². The van der Waals surface area contributed by atoms with Crippen molar-refractivity contribution in [1.29, 1.82) is 0 Å². The van der Waals surface area contributed by atoms with Gasteiger partial charge < -0.3 is 10.3 Å². The molecule has 2 saturated heterocycles. The van der Waals surface area contributed by atoms with Gasteiger partial charge in [-0.05, 0) is 49.6 Å². The first-order valence-electron chi connectivity index (χ1n) is 12.6. The number of nitrogens with zero attached hydrogens (tertiary/aromatic N) is 1. The lowest BCUT2D eigenvalue weighted by molar-refractivity contribution is -0.130. The number of hydrogen-bond acceptors (Lipinski definition) is 4. The van der Waals surface area contributed by atoms with Crippen LogP contribution in [0.15, 0.2) is 72.9 Å². The fourth-order valence-electron chi connectivity index (χ4n) is 6.64. The van der Waals surface area contributed by atoms with E-state index in [0.717, 1.165) is 38.8 Å². The molecular formula is C30H26N4O3. The Kier molecular flexibility index (Phi) is 4.54. The van der Waals surface area contributed by atoms with Crippen LogP contribution in [-0.2, 0) is 26.3 Å². The van der Waals surface area contributed by atoms with Gasteiger partial charge in [0.25, 0.3) is 0 Å². The first-order valence-corrected chi connectivity index (χ1v) is 12.6. The Balaban J connectivity index is 1.39. The Hall–Kier alpha value is -4.23. The van der Waals surface area contributed by atoms with Crippen LogP contribution in [0.1, 0.15) is 22.3 Å². The zero-order chi connectivity index (χ0) is 25.5. The van der Waals surface area contributed by atoms with Crippen LogP contribution in [0.2, 0.25) is 0 Å². The number of benzene rings is 3. The van der Waals surface area contributed by atoms with Gasteiger partial charge in [0.1, 0.15) is 5.54 Å². The molecule has 4 heterocycles. The molecule has 4 aromatic rings. The second-order valence-electron chi connectivity index (χ2n) is 10.4. The van der Waals surface area contributed by atoms with Gasteiger partial charge >= 0.3 is 0 Å². The minimum atomic E-state index is -1.31. The molecule has 3 aliphatic rings. The largest absolute Gasteiger partial charge is 0.361 e. The minimum absolute atomic E-state index is 0.262. The number of H-pyrrole nitrogens is 1. The minimum Gasteiger partial charge on any atom is -0.361 e. The summed E-state index contributed by atoms with van der Waals surface area (Å²) in [4.78, 5) is 46.5. The maximum atomic E-state index is 14.1. The van der Waals surface area contributed by atoms with Crippen molar-refractivity contribution in [3.05, 3.63) is 95.2 Å². The van der Waals surface area contributed by atoms with E-state index in [1.807, 2.05) is 74.6 Å². The highest BCUT2D eigenvalue weighted by Crippen LogP contribution is 2.54. The molecule has 184 valence electrons. The monoisotopic (exact) mass is 490 g/mol. The highest BCUT2D eigenvalue weighted by Gasteiger charge is 2.70. The SMILES string of the molecule is Cc1ccc(N2C(=O)[C@@H]3C(Cc4c[nH]c5ccccc45)NC4(C(=O)Nc5c(C)cccc54)[C@@H]3C2=O)cc1. The van der Waals surface area contributed by atoms with Gasteiger partial charge in [0.2, 0.25) is 17.7 Å². The third-order valence-corrected chi connectivity index (χ3v) is 8.37. The van der Waals surface area contributed by atoms with Crippen LogP contribution in [-0.4, -0.2) is 28.7 Å². The van der Waals surface area contributed by atoms with Crippen molar-refractivity contribution in [2.45, 2.75) is 31.8 Å². The van der Waals surface area contributed by atoms with Crippen LogP contribution < -0.4 is 15.5 Å². The van der Waals surface area contributed by atoms with Crippen molar-refractivity contribution in [1.82, 2.24) is 10.3 Å². The summed E-state index contributed by atoms with van der Waals surface area (Å²) < 4.78 is 0. The molecule has 3 N–H and O–H groups in total. The first-order chi connectivity index (χ1) is 17.9. The third kappa shape index (κ3) is 2.89. The number of aryl methyl sites for hydroxylation is 2. The number of carbonyl (C=O) groups excluding carboxylic acids is 3. The first kappa shape index (κ1) is 22.0. The van der Waals surface area contributed by atoms with Crippen LogP contribution in [0.25, 0.3) is 10.9 Å². The number of amides is 3. The van der Waals surface area contributed by atoms with Crippen molar-refractivity contribution < 1.29 is 14.4 Å². The molecule has 7 rings (SSSR count). The molecule has 3 aromatic carbocycles. The van der Waals surface area contributed by atoms with E-state index in [-0.39, 0.29) is 17.7 Å². The average Bonchev–Trinajstić information content (AvgIpc) is 3.60. The van der Waals surface area contributed by atoms with Gasteiger partial charge in [0.15, 0.2) is 0 Å². The molecule has 0 radical (unpaired) electrons. The van der Waals surface area contributed by atoms with Gasteiger partial charge in [0, 0.05) is 34.4 Å². The number of imide groups is 1. The standard InChI is InChI=1S/C30H26N4O3/c1-16-10-12-19(13-11-16)34-27(35)24-23(14-18-15-31-22-9-4-3-7-20(18)22)33-30(25(24)28(34)36)21-8-5-6-17(2)26(21)32-29(30)37/h3-13,15,23-25,31,33H,14H2,1-2H3,(H,32,37)/t23?,24-,25+,30?/m1/s1. The van der Waals surface area contributed by atoms with Gasteiger partial charge in [-0.3, -0.25) is 19.7 Å². The van der Waals surface area contributed by atoms with Crippen molar-refractivity contribution in [2.75, 3.05) is 10.2 Å². The predicted molar refractivity (Wildman–Crippen MR) is 141 cm³/mol. The maximum absolute atomic E-state index is 14.1. The normalized spacial score (nSPS) is 26.3. The Morgan fingerprint density at radius 1 is 0.892 bits per heavy atom. The van der Waals surface area contributed by atoms with E-state index < -0.39 is 23.4 Å². The van der Waals surface area contributed by atoms with Crippen LogP contribution in [0.5, 0.6) is 0 Å². The number of rotatable bonds is 3. The lowest BCUT2D eigenvalue weighted by Crippen LogP contribution is -2.53. The molecular weight excluding hydrogens is 464 g/mol. The van der Waals surface area contributed by atoms with E-state index in [9.17, 15) is 14.4 Å². The summed E-state index contributed by atoms with van der Waals surface area (Å²) in [6.45, 7) is 3.90. The molecule has 2 unspecified atom stereocenters. The van der Waals surface area contributed by atoms with E-state index in [1.165, 1.54) is 4.90 Å². The fraction of sp³-hybridized carbons (Fsp3) is 0.233. The number of aromatic nitrogens is 1. The van der Waals surface area contributed by atoms with Crippen LogP contribution in [0.3, 0.4) is 0 Å². The predicted octanol–water partition coefficient (Wildman–Crippen LogP) is 3.95. The second-order valence-corrected chi connectivity index (χ2v) is 10.4. The van der Waals surface area contributed by atoms with Gasteiger partial charge in [0.05, 0.1) is 17.5 Å². The fourth-order valence-corrected chi connectivity index (χ4v) is 6.64. The van der Waals surface area contributed by atoms with Crippen molar-refractivity contribution in [2.24, 2.45) is 11.8 Å². The quantitative estimate of drug-likeness (QED) is 0.379. The zero-order valence-corrected chi connectivity index (χ0v) is 20.5. The van der Waals surface area contributed by atoms with E-state index >= 15 is 0 Å². The number of para-hydroxylation sites is 2. The highest BCUT2D eigenvalue weighted by molar-refractivity contribution is 6.26. The molecule has 3 aliphatic heterocycles. The van der Waals surface area contributed by atoms with Gasteiger partial charge in [-0.1, -0.05) is 54.1 Å². The molecule has 0 bridgehead atoms. The number of carbonyl (C=O) groups is 3.